The molecule has 1 aliphatic heterocycles. The van der Waals surface area contributed by atoms with Crippen molar-refractivity contribution in [1.82, 2.24) is 14.5 Å². The fourth-order valence-electron chi connectivity index (χ4n) is 4.52. The minimum absolute atomic E-state index is 0.00183. The molecular formula is C25H31N3O5S. The van der Waals surface area contributed by atoms with Crippen LogP contribution in [0.4, 0.5) is 0 Å². The molecule has 9 heteroatoms. The van der Waals surface area contributed by atoms with Crippen LogP contribution in [0.5, 0.6) is 0 Å². The minimum atomic E-state index is -0.490. The summed E-state index contributed by atoms with van der Waals surface area (Å²) in [5, 5.41) is 0.876. The van der Waals surface area contributed by atoms with Crippen LogP contribution in [0.2, 0.25) is 0 Å². The summed E-state index contributed by atoms with van der Waals surface area (Å²) in [6, 6.07) is 4.74. The molecular weight excluding hydrogens is 454 g/mol. The van der Waals surface area contributed by atoms with E-state index < -0.39 is 5.97 Å². The molecule has 1 aliphatic carbocycles. The van der Waals surface area contributed by atoms with Gasteiger partial charge in [-0.25, -0.2) is 9.78 Å². The van der Waals surface area contributed by atoms with Gasteiger partial charge >= 0.3 is 5.97 Å². The molecule has 2 aromatic rings. The highest BCUT2D eigenvalue weighted by atomic mass is 32.2. The molecule has 2 heterocycles. The van der Waals surface area contributed by atoms with Crippen molar-refractivity contribution in [1.29, 1.82) is 0 Å². The van der Waals surface area contributed by atoms with Crippen LogP contribution in [0, 0.1) is 0 Å². The Kier molecular flexibility index (Phi) is 8.05. The van der Waals surface area contributed by atoms with Crippen LogP contribution in [0.1, 0.15) is 55.8 Å². The molecule has 0 N–H and O–H groups in total. The van der Waals surface area contributed by atoms with Crippen LogP contribution in [-0.4, -0.2) is 58.4 Å². The summed E-state index contributed by atoms with van der Waals surface area (Å²) in [4.78, 5) is 45.0. The standard InChI is InChI=1S/C25H31N3O5S/c1-3-27(18-8-5-4-6-9-18)22(29)16-34-25-26-21-14-17(24(31)32-2)11-12-20(21)23(30)28(25)15-19-10-7-13-33-19/h8,11-12,14,19H,3-7,9-10,13,15-16H2,1-2H3. The number of nitrogens with zero attached hydrogens (tertiary/aromatic N) is 3. The van der Waals surface area contributed by atoms with E-state index in [0.717, 1.165) is 44.2 Å². The van der Waals surface area contributed by atoms with Gasteiger partial charge in [-0.2, -0.15) is 0 Å². The van der Waals surface area contributed by atoms with Crippen molar-refractivity contribution in [3.63, 3.8) is 0 Å². The third kappa shape index (κ3) is 5.36. The smallest absolute Gasteiger partial charge is 0.337 e. The number of carbonyl (C=O) groups excluding carboxylic acids is 2. The first kappa shape index (κ1) is 24.5. The van der Waals surface area contributed by atoms with E-state index >= 15 is 0 Å². The van der Waals surface area contributed by atoms with Gasteiger partial charge in [0.05, 0.1) is 42.0 Å². The van der Waals surface area contributed by atoms with E-state index in [-0.39, 0.29) is 23.3 Å². The predicted molar refractivity (Wildman–Crippen MR) is 131 cm³/mol. The molecule has 1 aromatic heterocycles. The zero-order chi connectivity index (χ0) is 24.1. The Morgan fingerprint density at radius 2 is 2.15 bits per heavy atom. The van der Waals surface area contributed by atoms with E-state index in [0.29, 0.717) is 41.3 Å². The second-order valence-electron chi connectivity index (χ2n) is 8.54. The van der Waals surface area contributed by atoms with Gasteiger partial charge in [-0.05, 0) is 63.6 Å². The summed E-state index contributed by atoms with van der Waals surface area (Å²) >= 11 is 1.26. The number of hydrogen-bond donors (Lipinski definition) is 0. The molecule has 0 saturated carbocycles. The first-order valence-electron chi connectivity index (χ1n) is 11.9. The molecule has 8 nitrogen and oxygen atoms in total. The number of benzene rings is 1. The molecule has 4 rings (SSSR count). The molecule has 1 fully saturated rings. The topological polar surface area (TPSA) is 90.7 Å². The first-order chi connectivity index (χ1) is 16.5. The lowest BCUT2D eigenvalue weighted by Gasteiger charge is -2.26. The largest absolute Gasteiger partial charge is 0.465 e. The second kappa shape index (κ2) is 11.2. The number of carbonyl (C=O) groups is 2. The van der Waals surface area contributed by atoms with Gasteiger partial charge in [0.25, 0.3) is 5.56 Å². The summed E-state index contributed by atoms with van der Waals surface area (Å²) < 4.78 is 12.2. The van der Waals surface area contributed by atoms with Crippen molar-refractivity contribution >= 4 is 34.5 Å². The highest BCUT2D eigenvalue weighted by Crippen LogP contribution is 2.25. The molecule has 1 aromatic carbocycles. The van der Waals surface area contributed by atoms with Gasteiger partial charge in [0, 0.05) is 18.8 Å². The third-order valence-corrected chi connectivity index (χ3v) is 7.27. The zero-order valence-electron chi connectivity index (χ0n) is 19.7. The van der Waals surface area contributed by atoms with Crippen molar-refractivity contribution in [2.45, 2.75) is 63.3 Å². The minimum Gasteiger partial charge on any atom is -0.465 e. The zero-order valence-corrected chi connectivity index (χ0v) is 20.6. The van der Waals surface area contributed by atoms with Crippen LogP contribution in [0.3, 0.4) is 0 Å². The Morgan fingerprint density at radius 1 is 1.29 bits per heavy atom. The molecule has 0 bridgehead atoms. The average molecular weight is 486 g/mol. The van der Waals surface area contributed by atoms with Gasteiger partial charge in [0.2, 0.25) is 5.91 Å². The molecule has 1 amide bonds. The van der Waals surface area contributed by atoms with E-state index in [1.54, 1.807) is 22.8 Å². The van der Waals surface area contributed by atoms with Crippen LogP contribution in [0.15, 0.2) is 39.9 Å². The highest BCUT2D eigenvalue weighted by molar-refractivity contribution is 7.99. The quantitative estimate of drug-likeness (QED) is 0.319. The number of aromatic nitrogens is 2. The molecule has 1 unspecified atom stereocenters. The Bertz CT molecular complexity index is 1150. The van der Waals surface area contributed by atoms with Gasteiger partial charge < -0.3 is 14.4 Å². The Hall–Kier alpha value is -2.65. The normalized spacial score (nSPS) is 18.1. The SMILES string of the molecule is CCN(C(=O)CSc1nc2cc(C(=O)OC)ccc2c(=O)n1CC1CCCO1)C1=CCCCC1. The van der Waals surface area contributed by atoms with E-state index in [2.05, 4.69) is 6.08 Å². The Morgan fingerprint density at radius 3 is 2.82 bits per heavy atom. The summed E-state index contributed by atoms with van der Waals surface area (Å²) in [7, 11) is 1.31. The van der Waals surface area contributed by atoms with Gasteiger partial charge in [0.15, 0.2) is 5.16 Å². The van der Waals surface area contributed by atoms with Crippen molar-refractivity contribution in [3.05, 3.63) is 45.9 Å². The summed E-state index contributed by atoms with van der Waals surface area (Å²) in [5.74, 6) is -0.316. The van der Waals surface area contributed by atoms with E-state index in [1.165, 1.54) is 18.9 Å². The Balaban J connectivity index is 1.65. The molecule has 0 radical (unpaired) electrons. The third-order valence-electron chi connectivity index (χ3n) is 6.31. The lowest BCUT2D eigenvalue weighted by molar-refractivity contribution is -0.126. The first-order valence-corrected chi connectivity index (χ1v) is 12.9. The maximum Gasteiger partial charge on any atom is 0.337 e. The second-order valence-corrected chi connectivity index (χ2v) is 9.48. The van der Waals surface area contributed by atoms with Crippen LogP contribution in [-0.2, 0) is 20.8 Å². The Labute approximate surface area is 203 Å². The monoisotopic (exact) mass is 485 g/mol. The summed E-state index contributed by atoms with van der Waals surface area (Å²) in [6.45, 7) is 3.67. The molecule has 0 spiro atoms. The number of ether oxygens (including phenoxy) is 2. The van der Waals surface area contributed by atoms with Crippen LogP contribution < -0.4 is 5.56 Å². The maximum absolute atomic E-state index is 13.4. The van der Waals surface area contributed by atoms with Gasteiger partial charge in [0.1, 0.15) is 0 Å². The van der Waals surface area contributed by atoms with Crippen molar-refractivity contribution in [2.24, 2.45) is 0 Å². The summed E-state index contributed by atoms with van der Waals surface area (Å²) in [6.07, 6.45) is 8.12. The fraction of sp³-hybridized carbons (Fsp3) is 0.520. The molecule has 34 heavy (non-hydrogen) atoms. The molecule has 1 atom stereocenters. The fourth-order valence-corrected chi connectivity index (χ4v) is 5.40. The van der Waals surface area contributed by atoms with Gasteiger partial charge in [-0.1, -0.05) is 17.8 Å². The van der Waals surface area contributed by atoms with Crippen molar-refractivity contribution in [2.75, 3.05) is 26.0 Å². The lowest BCUT2D eigenvalue weighted by atomic mass is 10.0. The number of allylic oxidation sites excluding steroid dienone is 2. The number of rotatable bonds is 8. The molecule has 1 saturated heterocycles. The number of amides is 1. The van der Waals surface area contributed by atoms with Crippen LogP contribution >= 0.6 is 11.8 Å². The summed E-state index contributed by atoms with van der Waals surface area (Å²) in [5.41, 5.74) is 1.63. The number of hydrogen-bond acceptors (Lipinski definition) is 7. The van der Waals surface area contributed by atoms with Gasteiger partial charge in [-0.3, -0.25) is 14.2 Å². The van der Waals surface area contributed by atoms with E-state index in [4.69, 9.17) is 14.5 Å². The maximum atomic E-state index is 13.4. The van der Waals surface area contributed by atoms with Gasteiger partial charge in [-0.15, -0.1) is 0 Å². The average Bonchev–Trinajstić information content (AvgIpc) is 3.38. The predicted octanol–water partition coefficient (Wildman–Crippen LogP) is 3.76. The lowest BCUT2D eigenvalue weighted by Crippen LogP contribution is -2.33. The van der Waals surface area contributed by atoms with Crippen molar-refractivity contribution in [3.8, 4) is 0 Å². The molecule has 2 aliphatic rings. The number of fused-ring (bicyclic) bond motifs is 1. The van der Waals surface area contributed by atoms with Crippen LogP contribution in [0.25, 0.3) is 10.9 Å². The number of esters is 1. The molecule has 182 valence electrons. The number of methoxy groups -OCH3 is 1. The van der Waals surface area contributed by atoms with Crippen molar-refractivity contribution < 1.29 is 19.1 Å². The van der Waals surface area contributed by atoms with E-state index in [1.807, 2.05) is 11.8 Å². The number of thioether (sulfide) groups is 1. The highest BCUT2D eigenvalue weighted by Gasteiger charge is 2.23. The van der Waals surface area contributed by atoms with E-state index in [9.17, 15) is 14.4 Å².